The maximum Gasteiger partial charge on any atom is 0.338 e. The van der Waals surface area contributed by atoms with E-state index in [9.17, 15) is 4.79 Å². The van der Waals surface area contributed by atoms with Crippen LogP contribution in [0.5, 0.6) is 0 Å². The zero-order valence-corrected chi connectivity index (χ0v) is 9.70. The molecule has 0 radical (unpaired) electrons. The normalized spacial score (nSPS) is 10.5. The van der Waals surface area contributed by atoms with Gasteiger partial charge in [0.25, 0.3) is 0 Å². The molecule has 0 aliphatic carbocycles. The van der Waals surface area contributed by atoms with E-state index in [4.69, 9.17) is 4.74 Å². The van der Waals surface area contributed by atoms with Crippen LogP contribution in [0.2, 0.25) is 0 Å². The molecular weight excluding hydrogens is 218 g/mol. The molecule has 1 aromatic carbocycles. The maximum atomic E-state index is 11.6. The second kappa shape index (κ2) is 4.78. The van der Waals surface area contributed by atoms with Gasteiger partial charge in [0, 0.05) is 0 Å². The zero-order valence-electron chi connectivity index (χ0n) is 9.70. The molecule has 0 aliphatic rings. The van der Waals surface area contributed by atoms with E-state index in [1.807, 2.05) is 13.8 Å². The number of nitrogens with zero attached hydrogens (tertiary/aromatic N) is 3. The molecule has 0 bridgehead atoms. The number of benzene rings is 1. The highest BCUT2D eigenvalue weighted by molar-refractivity contribution is 5.89. The summed E-state index contributed by atoms with van der Waals surface area (Å²) in [6.45, 7) is 3.64. The number of ether oxygens (including phenoxy) is 1. The van der Waals surface area contributed by atoms with Gasteiger partial charge in [-0.1, -0.05) is 0 Å². The van der Waals surface area contributed by atoms with Gasteiger partial charge in [0.05, 0.1) is 17.4 Å². The van der Waals surface area contributed by atoms with Gasteiger partial charge in [-0.3, -0.25) is 0 Å². The number of hydrogen-bond donors (Lipinski definition) is 0. The van der Waals surface area contributed by atoms with Crippen LogP contribution in [0, 0.1) is 0 Å². The summed E-state index contributed by atoms with van der Waals surface area (Å²) in [5, 5.41) is 4.00. The molecule has 0 N–H and O–H groups in total. The van der Waals surface area contributed by atoms with Crippen LogP contribution in [-0.4, -0.2) is 26.8 Å². The van der Waals surface area contributed by atoms with Gasteiger partial charge in [-0.25, -0.2) is 14.5 Å². The predicted molar refractivity (Wildman–Crippen MR) is 61.9 cm³/mol. The summed E-state index contributed by atoms with van der Waals surface area (Å²) in [4.78, 5) is 15.5. The summed E-state index contributed by atoms with van der Waals surface area (Å²) in [6, 6.07) is 7.01. The molecule has 0 saturated carbocycles. The largest absolute Gasteiger partial charge is 0.459 e. The van der Waals surface area contributed by atoms with E-state index >= 15 is 0 Å². The Kier molecular flexibility index (Phi) is 3.18. The van der Waals surface area contributed by atoms with Crippen molar-refractivity contribution < 1.29 is 9.53 Å². The number of esters is 1. The van der Waals surface area contributed by atoms with Gasteiger partial charge < -0.3 is 4.74 Å². The first-order valence-corrected chi connectivity index (χ1v) is 5.33. The zero-order chi connectivity index (χ0) is 12.3. The van der Waals surface area contributed by atoms with Crippen molar-refractivity contribution in [2.24, 2.45) is 0 Å². The lowest BCUT2D eigenvalue weighted by Gasteiger charge is -2.08. The lowest BCUT2D eigenvalue weighted by molar-refractivity contribution is 0.0378. The van der Waals surface area contributed by atoms with Crippen LogP contribution < -0.4 is 0 Å². The first-order valence-electron chi connectivity index (χ1n) is 5.33. The minimum atomic E-state index is -0.315. The van der Waals surface area contributed by atoms with Gasteiger partial charge in [-0.2, -0.15) is 5.10 Å². The van der Waals surface area contributed by atoms with Crippen molar-refractivity contribution in [2.45, 2.75) is 20.0 Å². The molecule has 0 saturated heterocycles. The molecule has 1 heterocycles. The van der Waals surface area contributed by atoms with E-state index in [1.165, 1.54) is 6.33 Å². The molecule has 2 aromatic rings. The van der Waals surface area contributed by atoms with Gasteiger partial charge >= 0.3 is 5.97 Å². The van der Waals surface area contributed by atoms with E-state index in [0.29, 0.717) is 5.56 Å². The smallest absolute Gasteiger partial charge is 0.338 e. The average Bonchev–Trinajstić information content (AvgIpc) is 2.82. The number of aromatic nitrogens is 3. The fourth-order valence-electron chi connectivity index (χ4n) is 1.37. The molecule has 2 rings (SSSR count). The van der Waals surface area contributed by atoms with Gasteiger partial charge in [-0.05, 0) is 38.1 Å². The maximum absolute atomic E-state index is 11.6. The van der Waals surface area contributed by atoms with Crippen LogP contribution in [0.1, 0.15) is 24.2 Å². The molecule has 0 unspecified atom stereocenters. The second-order valence-corrected chi connectivity index (χ2v) is 3.84. The number of carbonyl (C=O) groups is 1. The van der Waals surface area contributed by atoms with Crippen molar-refractivity contribution >= 4 is 5.97 Å². The van der Waals surface area contributed by atoms with Crippen LogP contribution in [0.3, 0.4) is 0 Å². The van der Waals surface area contributed by atoms with Gasteiger partial charge in [0.1, 0.15) is 12.7 Å². The Morgan fingerprint density at radius 3 is 2.53 bits per heavy atom. The highest BCUT2D eigenvalue weighted by Gasteiger charge is 2.08. The fraction of sp³-hybridized carbons (Fsp3) is 0.250. The van der Waals surface area contributed by atoms with Crippen molar-refractivity contribution in [1.82, 2.24) is 14.8 Å². The summed E-state index contributed by atoms with van der Waals surface area (Å²) in [7, 11) is 0. The Bertz CT molecular complexity index is 489. The number of carbonyl (C=O) groups excluding carboxylic acids is 1. The quantitative estimate of drug-likeness (QED) is 0.756. The predicted octanol–water partition coefficient (Wildman–Crippen LogP) is 1.83. The van der Waals surface area contributed by atoms with Crippen molar-refractivity contribution in [1.29, 1.82) is 0 Å². The van der Waals surface area contributed by atoms with Gasteiger partial charge in [0.15, 0.2) is 0 Å². The van der Waals surface area contributed by atoms with E-state index in [0.717, 1.165) is 5.69 Å². The Labute approximate surface area is 99.1 Å². The van der Waals surface area contributed by atoms with E-state index in [-0.39, 0.29) is 12.1 Å². The summed E-state index contributed by atoms with van der Waals surface area (Å²) in [6.07, 6.45) is 2.94. The Morgan fingerprint density at radius 1 is 1.29 bits per heavy atom. The van der Waals surface area contributed by atoms with Crippen molar-refractivity contribution in [3.63, 3.8) is 0 Å². The SMILES string of the molecule is CC(C)OC(=O)c1ccc(-n2cncn2)cc1. The first-order chi connectivity index (χ1) is 8.16. The van der Waals surface area contributed by atoms with Crippen molar-refractivity contribution in [3.05, 3.63) is 42.5 Å². The van der Waals surface area contributed by atoms with E-state index in [1.54, 1.807) is 35.3 Å². The van der Waals surface area contributed by atoms with Crippen molar-refractivity contribution in [2.75, 3.05) is 0 Å². The lowest BCUT2D eigenvalue weighted by atomic mass is 10.2. The fourth-order valence-corrected chi connectivity index (χ4v) is 1.37. The van der Waals surface area contributed by atoms with E-state index in [2.05, 4.69) is 10.1 Å². The summed E-state index contributed by atoms with van der Waals surface area (Å²) >= 11 is 0. The highest BCUT2D eigenvalue weighted by atomic mass is 16.5. The van der Waals surface area contributed by atoms with Crippen LogP contribution >= 0.6 is 0 Å². The number of hydrogen-bond acceptors (Lipinski definition) is 4. The molecule has 17 heavy (non-hydrogen) atoms. The Morgan fingerprint density at radius 2 is 2.00 bits per heavy atom. The summed E-state index contributed by atoms with van der Waals surface area (Å²) in [5.41, 5.74) is 1.38. The van der Waals surface area contributed by atoms with Crippen LogP contribution in [0.4, 0.5) is 0 Å². The van der Waals surface area contributed by atoms with Crippen LogP contribution in [0.25, 0.3) is 5.69 Å². The summed E-state index contributed by atoms with van der Waals surface area (Å²) in [5.74, 6) is -0.315. The number of rotatable bonds is 3. The minimum absolute atomic E-state index is 0.113. The molecule has 5 heteroatoms. The van der Waals surface area contributed by atoms with Gasteiger partial charge in [0.2, 0.25) is 0 Å². The van der Waals surface area contributed by atoms with Crippen LogP contribution in [-0.2, 0) is 4.74 Å². The molecular formula is C12H13N3O2. The molecule has 88 valence electrons. The van der Waals surface area contributed by atoms with E-state index < -0.39 is 0 Å². The average molecular weight is 231 g/mol. The minimum Gasteiger partial charge on any atom is -0.459 e. The molecule has 0 spiro atoms. The standard InChI is InChI=1S/C12H13N3O2/c1-9(2)17-12(16)10-3-5-11(6-4-10)15-8-13-7-14-15/h3-9H,1-2H3. The molecule has 0 atom stereocenters. The second-order valence-electron chi connectivity index (χ2n) is 3.84. The third-order valence-electron chi connectivity index (χ3n) is 2.13. The molecule has 1 aromatic heterocycles. The van der Waals surface area contributed by atoms with Gasteiger partial charge in [-0.15, -0.1) is 0 Å². The molecule has 0 fully saturated rings. The van der Waals surface area contributed by atoms with Crippen molar-refractivity contribution in [3.8, 4) is 5.69 Å². The Balaban J connectivity index is 2.16. The third-order valence-corrected chi connectivity index (χ3v) is 2.13. The molecule has 0 aliphatic heterocycles. The lowest BCUT2D eigenvalue weighted by Crippen LogP contribution is -2.11. The monoisotopic (exact) mass is 231 g/mol. The van der Waals surface area contributed by atoms with Crippen LogP contribution in [0.15, 0.2) is 36.9 Å². The summed E-state index contributed by atoms with van der Waals surface area (Å²) < 4.78 is 6.72. The molecule has 0 amide bonds. The Hall–Kier alpha value is -2.17. The molecule has 5 nitrogen and oxygen atoms in total. The topological polar surface area (TPSA) is 57.0 Å². The highest BCUT2D eigenvalue weighted by Crippen LogP contribution is 2.09. The third kappa shape index (κ3) is 2.69. The first kappa shape index (κ1) is 11.3.